The lowest BCUT2D eigenvalue weighted by atomic mass is 10.1. The molecule has 29 heavy (non-hydrogen) atoms. The van der Waals surface area contributed by atoms with Gasteiger partial charge in [0.1, 0.15) is 18.0 Å². The third kappa shape index (κ3) is 5.45. The molecule has 0 saturated heterocycles. The number of fused-ring (bicyclic) bond motifs is 1. The van der Waals surface area contributed by atoms with Gasteiger partial charge in [0.2, 0.25) is 5.95 Å². The third-order valence-electron chi connectivity index (χ3n) is 4.28. The molecule has 0 aliphatic rings. The summed E-state index contributed by atoms with van der Waals surface area (Å²) in [6.07, 6.45) is 4.07. The monoisotopic (exact) mass is 414 g/mol. The highest BCUT2D eigenvalue weighted by Crippen LogP contribution is 2.24. The summed E-state index contributed by atoms with van der Waals surface area (Å²) >= 11 is 5.55. The second-order valence-corrected chi connectivity index (χ2v) is 6.79. The molecular weight excluding hydrogens is 392 g/mol. The molecule has 0 fully saturated rings. The van der Waals surface area contributed by atoms with Gasteiger partial charge in [-0.1, -0.05) is 0 Å². The number of benzene rings is 1. The fraction of sp³-hybridized carbons (Fsp3) is 0.300. The van der Waals surface area contributed by atoms with Crippen molar-refractivity contribution in [2.45, 2.75) is 20.3 Å². The number of rotatable bonds is 8. The molecule has 3 rings (SSSR count). The molecular formula is C20H23ClN6O2. The van der Waals surface area contributed by atoms with E-state index in [0.29, 0.717) is 18.9 Å². The molecule has 0 aliphatic carbocycles. The van der Waals surface area contributed by atoms with Crippen LogP contribution in [0.1, 0.15) is 17.0 Å². The molecule has 1 aromatic carbocycles. The van der Waals surface area contributed by atoms with Crippen LogP contribution in [0.15, 0.2) is 35.5 Å². The molecule has 2 aromatic heterocycles. The number of aliphatic imine (C=N–C) groups is 1. The smallest absolute Gasteiger partial charge is 0.262 e. The zero-order valence-electron chi connectivity index (χ0n) is 16.6. The number of carbonyl (C=O) groups is 1. The molecule has 0 atom stereocenters. The number of aromatic nitrogens is 3. The number of hydrazine groups is 1. The fourth-order valence-corrected chi connectivity index (χ4v) is 3.02. The highest BCUT2D eigenvalue weighted by atomic mass is 35.5. The Hall–Kier alpha value is -3.13. The van der Waals surface area contributed by atoms with Crippen molar-refractivity contribution in [3.8, 4) is 5.75 Å². The van der Waals surface area contributed by atoms with Gasteiger partial charge in [0.05, 0.1) is 7.11 Å². The average Bonchev–Trinajstić information content (AvgIpc) is 3.11. The number of nitrogens with one attached hydrogen (secondary N) is 2. The first-order valence-corrected chi connectivity index (χ1v) is 9.64. The number of hydrogen-bond acceptors (Lipinski definition) is 5. The summed E-state index contributed by atoms with van der Waals surface area (Å²) in [4.78, 5) is 27.4. The lowest BCUT2D eigenvalue weighted by Crippen LogP contribution is -2.32. The summed E-state index contributed by atoms with van der Waals surface area (Å²) in [5.41, 5.74) is 6.94. The lowest BCUT2D eigenvalue weighted by Gasteiger charge is -2.20. The topological polar surface area (TPSA) is 95.5 Å². The first kappa shape index (κ1) is 20.6. The van der Waals surface area contributed by atoms with Gasteiger partial charge < -0.3 is 9.72 Å². The Kier molecular flexibility index (Phi) is 6.66. The Morgan fingerprint density at radius 1 is 1.31 bits per heavy atom. The third-order valence-corrected chi connectivity index (χ3v) is 4.51. The Labute approximate surface area is 173 Å². The predicted molar refractivity (Wildman–Crippen MR) is 115 cm³/mol. The number of aryl methyl sites for hydroxylation is 2. The fourth-order valence-electron chi connectivity index (χ4n) is 2.95. The van der Waals surface area contributed by atoms with Crippen LogP contribution >= 0.6 is 11.6 Å². The lowest BCUT2D eigenvalue weighted by molar-refractivity contribution is -0.115. The number of ether oxygens (including phenoxy) is 1. The van der Waals surface area contributed by atoms with Gasteiger partial charge in [0.15, 0.2) is 0 Å². The van der Waals surface area contributed by atoms with E-state index in [1.54, 1.807) is 12.1 Å². The van der Waals surface area contributed by atoms with Crippen LogP contribution < -0.4 is 10.2 Å². The maximum absolute atomic E-state index is 11.5. The number of alkyl halides is 1. The number of H-pyrrole nitrogens is 1. The second kappa shape index (κ2) is 9.38. The summed E-state index contributed by atoms with van der Waals surface area (Å²) < 4.78 is 5.33. The zero-order chi connectivity index (χ0) is 20.8. The van der Waals surface area contributed by atoms with Crippen LogP contribution in [0.2, 0.25) is 0 Å². The van der Waals surface area contributed by atoms with E-state index in [2.05, 4.69) is 25.4 Å². The quantitative estimate of drug-likeness (QED) is 0.254. The summed E-state index contributed by atoms with van der Waals surface area (Å²) in [5, 5.41) is 2.76. The molecule has 8 nitrogen and oxygen atoms in total. The van der Waals surface area contributed by atoms with Crippen LogP contribution in [0.5, 0.6) is 5.75 Å². The number of amides is 1. The maximum Gasteiger partial charge on any atom is 0.262 e. The van der Waals surface area contributed by atoms with Crippen molar-refractivity contribution < 1.29 is 9.53 Å². The van der Waals surface area contributed by atoms with E-state index in [1.165, 1.54) is 6.34 Å². The summed E-state index contributed by atoms with van der Waals surface area (Å²) in [7, 11) is 1.65. The van der Waals surface area contributed by atoms with Crippen LogP contribution in [0, 0.1) is 13.8 Å². The highest BCUT2D eigenvalue weighted by Gasteiger charge is 2.10. The van der Waals surface area contributed by atoms with E-state index < -0.39 is 5.91 Å². The number of anilines is 1. The minimum absolute atomic E-state index is 0.174. The van der Waals surface area contributed by atoms with E-state index in [-0.39, 0.29) is 5.88 Å². The molecule has 9 heteroatoms. The largest absolute Gasteiger partial charge is 0.497 e. The summed E-state index contributed by atoms with van der Waals surface area (Å²) in [5.74, 6) is 0.642. The van der Waals surface area contributed by atoms with Gasteiger partial charge in [-0.2, -0.15) is 0 Å². The molecule has 152 valence electrons. The van der Waals surface area contributed by atoms with Crippen molar-refractivity contribution >= 4 is 40.7 Å². The Balaban J connectivity index is 1.79. The molecule has 2 heterocycles. The molecule has 0 saturated carbocycles. The predicted octanol–water partition coefficient (Wildman–Crippen LogP) is 3.25. The minimum atomic E-state index is -0.420. The Morgan fingerprint density at radius 2 is 2.07 bits per heavy atom. The van der Waals surface area contributed by atoms with E-state index in [9.17, 15) is 4.79 Å². The first-order valence-electron chi connectivity index (χ1n) is 9.11. The van der Waals surface area contributed by atoms with Gasteiger partial charge >= 0.3 is 0 Å². The number of aromatic amines is 1. The van der Waals surface area contributed by atoms with Crippen molar-refractivity contribution in [1.29, 1.82) is 0 Å². The molecule has 2 N–H and O–H groups in total. The molecule has 0 radical (unpaired) electrons. The van der Waals surface area contributed by atoms with Crippen molar-refractivity contribution in [3.63, 3.8) is 0 Å². The van der Waals surface area contributed by atoms with Gasteiger partial charge in [0.25, 0.3) is 5.91 Å². The highest BCUT2D eigenvalue weighted by molar-refractivity contribution is 6.27. The van der Waals surface area contributed by atoms with Crippen LogP contribution in [0.4, 0.5) is 5.95 Å². The van der Waals surface area contributed by atoms with Crippen molar-refractivity contribution in [2.75, 3.05) is 25.0 Å². The normalized spacial score (nSPS) is 11.2. The maximum atomic E-state index is 11.5. The van der Waals surface area contributed by atoms with E-state index >= 15 is 0 Å². The van der Waals surface area contributed by atoms with Gasteiger partial charge in [-0.3, -0.25) is 15.2 Å². The number of hydrogen-bond donors (Lipinski definition) is 2. The summed E-state index contributed by atoms with van der Waals surface area (Å²) in [6, 6.07) is 7.78. The standard InChI is InChI=1S/C20H23ClN6O2/c1-13-8-14(2)25-20(24-13)26-27(12-23-19(28)10-21)7-6-15-11-22-18-5-4-16(29-3)9-17(15)18/h4-5,8-9,11-12,22H,6-7,10H2,1-3H3,(H,24,25,26). The number of methoxy groups -OCH3 is 1. The van der Waals surface area contributed by atoms with Crippen LogP contribution in [-0.2, 0) is 11.2 Å². The number of nitrogens with zero attached hydrogens (tertiary/aromatic N) is 4. The Morgan fingerprint density at radius 3 is 2.76 bits per heavy atom. The molecule has 0 bridgehead atoms. The second-order valence-electron chi connectivity index (χ2n) is 6.53. The number of carbonyl (C=O) groups excluding carboxylic acids is 1. The Bertz CT molecular complexity index is 1010. The molecule has 0 aliphatic heterocycles. The van der Waals surface area contributed by atoms with Gasteiger partial charge in [-0.15, -0.1) is 11.6 Å². The van der Waals surface area contributed by atoms with E-state index in [0.717, 1.165) is 33.6 Å². The van der Waals surface area contributed by atoms with Gasteiger partial charge in [-0.05, 0) is 50.1 Å². The van der Waals surface area contributed by atoms with E-state index in [1.807, 2.05) is 44.3 Å². The first-order chi connectivity index (χ1) is 14.0. The van der Waals surface area contributed by atoms with Gasteiger partial charge in [0, 0.05) is 35.0 Å². The molecule has 1 amide bonds. The molecule has 0 unspecified atom stereocenters. The zero-order valence-corrected chi connectivity index (χ0v) is 17.3. The molecule has 3 aromatic rings. The SMILES string of the molecule is COc1ccc2[nH]cc(CCN(C=NC(=O)CCl)Nc3nc(C)cc(C)n3)c2c1. The van der Waals surface area contributed by atoms with Crippen molar-refractivity contribution in [3.05, 3.63) is 47.4 Å². The average molecular weight is 415 g/mol. The van der Waals surface area contributed by atoms with Gasteiger partial charge in [-0.25, -0.2) is 15.0 Å². The van der Waals surface area contributed by atoms with Crippen LogP contribution in [0.25, 0.3) is 10.9 Å². The van der Waals surface area contributed by atoms with Crippen molar-refractivity contribution in [2.24, 2.45) is 4.99 Å². The van der Waals surface area contributed by atoms with E-state index in [4.69, 9.17) is 16.3 Å². The van der Waals surface area contributed by atoms with Crippen LogP contribution in [0.3, 0.4) is 0 Å². The molecule has 0 spiro atoms. The van der Waals surface area contributed by atoms with Crippen molar-refractivity contribution in [1.82, 2.24) is 20.0 Å². The summed E-state index contributed by atoms with van der Waals surface area (Å²) in [6.45, 7) is 4.32. The van der Waals surface area contributed by atoms with Crippen LogP contribution in [-0.4, -0.2) is 51.7 Å². The minimum Gasteiger partial charge on any atom is -0.497 e. The number of halogens is 1.